The molecule has 0 aromatic heterocycles. The fourth-order valence-corrected chi connectivity index (χ4v) is 1.74. The maximum Gasteiger partial charge on any atom is 0.125 e. The van der Waals surface area contributed by atoms with E-state index in [2.05, 4.69) is 25.2 Å². The van der Waals surface area contributed by atoms with Crippen molar-refractivity contribution in [1.29, 1.82) is 0 Å². The predicted molar refractivity (Wildman–Crippen MR) is 78.4 cm³/mol. The van der Waals surface area contributed by atoms with Gasteiger partial charge >= 0.3 is 0 Å². The van der Waals surface area contributed by atoms with Gasteiger partial charge in [0.2, 0.25) is 0 Å². The van der Waals surface area contributed by atoms with Gasteiger partial charge in [-0.25, -0.2) is 0 Å². The summed E-state index contributed by atoms with van der Waals surface area (Å²) in [5, 5.41) is 3.92. The molecule has 0 bridgehead atoms. The second-order valence-electron chi connectivity index (χ2n) is 4.06. The maximum absolute atomic E-state index is 5.82. The van der Waals surface area contributed by atoms with E-state index >= 15 is 0 Å². The lowest BCUT2D eigenvalue weighted by molar-refractivity contribution is 0.350. The second-order valence-corrected chi connectivity index (χ2v) is 4.76. The Morgan fingerprint density at radius 1 is 1.44 bits per heavy atom. The lowest BCUT2D eigenvalue weighted by Gasteiger charge is -2.17. The zero-order valence-corrected chi connectivity index (χ0v) is 12.3. The summed E-state index contributed by atoms with van der Waals surface area (Å²) >= 11 is 11.3. The monoisotopic (exact) mass is 287 g/mol. The zero-order chi connectivity index (χ0) is 13.4. The summed E-state index contributed by atoms with van der Waals surface area (Å²) in [6.07, 6.45) is 1.11. The Bertz CT molecular complexity index is 393. The van der Waals surface area contributed by atoms with E-state index in [0.29, 0.717) is 11.6 Å². The first-order valence-electron chi connectivity index (χ1n) is 6.08. The topological polar surface area (TPSA) is 21.3 Å². The molecule has 0 radical (unpaired) electrons. The van der Waals surface area contributed by atoms with Crippen molar-refractivity contribution in [1.82, 2.24) is 5.32 Å². The van der Waals surface area contributed by atoms with Crippen LogP contribution in [0.15, 0.2) is 34.8 Å². The van der Waals surface area contributed by atoms with Gasteiger partial charge in [-0.2, -0.15) is 0 Å². The van der Waals surface area contributed by atoms with E-state index in [1.165, 1.54) is 5.54 Å². The van der Waals surface area contributed by atoms with Gasteiger partial charge in [-0.15, -0.1) is 0 Å². The highest BCUT2D eigenvalue weighted by molar-refractivity contribution is 6.36. The molecule has 0 aliphatic carbocycles. The molecule has 100 valence electrons. The van der Waals surface area contributed by atoms with Crippen molar-refractivity contribution in [3.63, 3.8) is 0 Å². The van der Waals surface area contributed by atoms with Crippen LogP contribution in [0.4, 0.5) is 0 Å². The highest BCUT2D eigenvalue weighted by Crippen LogP contribution is 2.25. The van der Waals surface area contributed by atoms with Crippen LogP contribution < -0.4 is 10.1 Å². The van der Waals surface area contributed by atoms with Crippen molar-refractivity contribution >= 4 is 23.2 Å². The average molecular weight is 288 g/mol. The van der Waals surface area contributed by atoms with Gasteiger partial charge in [0.15, 0.2) is 0 Å². The van der Waals surface area contributed by atoms with Crippen LogP contribution in [-0.4, -0.2) is 13.2 Å². The molecule has 0 aliphatic heterocycles. The Morgan fingerprint density at radius 3 is 2.83 bits per heavy atom. The van der Waals surface area contributed by atoms with Gasteiger partial charge in [0.1, 0.15) is 12.4 Å². The van der Waals surface area contributed by atoms with Crippen LogP contribution in [0.5, 0.6) is 5.75 Å². The van der Waals surface area contributed by atoms with Gasteiger partial charge in [0.25, 0.3) is 0 Å². The Morgan fingerprint density at radius 2 is 2.17 bits per heavy atom. The standard InChI is InChI=1S/C14H19Cl2NO/c1-3-8-17-11(2)13-6-4-5-7-14(13)18-10-12(16)9-15/h4-7,9,11,17H,3,8,10H2,1-2H3. The number of ether oxygens (including phenoxy) is 1. The van der Waals surface area contributed by atoms with E-state index in [1.807, 2.05) is 18.2 Å². The van der Waals surface area contributed by atoms with Gasteiger partial charge in [-0.05, 0) is 26.0 Å². The van der Waals surface area contributed by atoms with Gasteiger partial charge in [0, 0.05) is 17.1 Å². The zero-order valence-electron chi connectivity index (χ0n) is 10.7. The largest absolute Gasteiger partial charge is 0.488 e. The minimum atomic E-state index is 0.250. The van der Waals surface area contributed by atoms with Crippen LogP contribution in [0.2, 0.25) is 0 Å². The Labute approximate surface area is 119 Å². The highest BCUT2D eigenvalue weighted by atomic mass is 35.5. The summed E-state index contributed by atoms with van der Waals surface area (Å²) < 4.78 is 5.67. The summed E-state index contributed by atoms with van der Waals surface area (Å²) in [7, 11) is 0. The Balaban J connectivity index is 2.72. The van der Waals surface area contributed by atoms with E-state index in [4.69, 9.17) is 27.9 Å². The molecular formula is C14H19Cl2NO. The molecule has 4 heteroatoms. The van der Waals surface area contributed by atoms with Crippen LogP contribution in [0.1, 0.15) is 31.9 Å². The van der Waals surface area contributed by atoms with Crippen LogP contribution in [0.3, 0.4) is 0 Å². The second kappa shape index (κ2) is 8.41. The minimum Gasteiger partial charge on any atom is -0.488 e. The molecular weight excluding hydrogens is 269 g/mol. The van der Waals surface area contributed by atoms with Gasteiger partial charge in [-0.1, -0.05) is 48.3 Å². The first kappa shape index (κ1) is 15.4. The summed E-state index contributed by atoms with van der Waals surface area (Å²) in [5.74, 6) is 0.838. The molecule has 0 heterocycles. The normalized spacial score (nSPS) is 13.4. The summed E-state index contributed by atoms with van der Waals surface area (Å²) in [4.78, 5) is 0. The SMILES string of the molecule is CCCNC(C)c1ccccc1OCC(Cl)=CCl. The van der Waals surface area contributed by atoms with Gasteiger partial charge < -0.3 is 10.1 Å². The number of benzene rings is 1. The van der Waals surface area contributed by atoms with Gasteiger partial charge in [-0.3, -0.25) is 0 Å². The van der Waals surface area contributed by atoms with E-state index in [9.17, 15) is 0 Å². The molecule has 0 spiro atoms. The fraction of sp³-hybridized carbons (Fsp3) is 0.429. The maximum atomic E-state index is 5.82. The number of rotatable bonds is 7. The molecule has 0 saturated heterocycles. The molecule has 1 unspecified atom stereocenters. The van der Waals surface area contributed by atoms with Crippen molar-refractivity contribution < 1.29 is 4.74 Å². The molecule has 0 amide bonds. The van der Waals surface area contributed by atoms with Crippen molar-refractivity contribution in [3.8, 4) is 5.75 Å². The Kier molecular flexibility index (Phi) is 7.18. The van der Waals surface area contributed by atoms with E-state index in [-0.39, 0.29) is 6.04 Å². The molecule has 1 N–H and O–H groups in total. The fourth-order valence-electron chi connectivity index (χ4n) is 1.62. The van der Waals surface area contributed by atoms with Crippen LogP contribution in [0, 0.1) is 0 Å². The van der Waals surface area contributed by atoms with Gasteiger partial charge in [0.05, 0.1) is 5.03 Å². The number of para-hydroxylation sites is 1. The summed E-state index contributed by atoms with van der Waals surface area (Å²) in [6.45, 7) is 5.55. The molecule has 1 rings (SSSR count). The predicted octanol–water partition coefficient (Wildman–Crippen LogP) is 4.45. The van der Waals surface area contributed by atoms with Crippen molar-refractivity contribution in [2.24, 2.45) is 0 Å². The lowest BCUT2D eigenvalue weighted by Crippen LogP contribution is -2.20. The van der Waals surface area contributed by atoms with Crippen molar-refractivity contribution in [2.45, 2.75) is 26.3 Å². The highest BCUT2D eigenvalue weighted by Gasteiger charge is 2.10. The first-order chi connectivity index (χ1) is 8.69. The molecule has 0 fully saturated rings. The quantitative estimate of drug-likeness (QED) is 0.800. The molecule has 2 nitrogen and oxygen atoms in total. The van der Waals surface area contributed by atoms with Crippen molar-refractivity contribution in [2.75, 3.05) is 13.2 Å². The first-order valence-corrected chi connectivity index (χ1v) is 6.90. The van der Waals surface area contributed by atoms with Crippen LogP contribution in [0.25, 0.3) is 0 Å². The smallest absolute Gasteiger partial charge is 0.125 e. The average Bonchev–Trinajstić information content (AvgIpc) is 2.42. The molecule has 1 aromatic rings. The molecule has 1 atom stereocenters. The number of hydrogen-bond acceptors (Lipinski definition) is 2. The number of hydrogen-bond donors (Lipinski definition) is 1. The number of nitrogens with one attached hydrogen (secondary N) is 1. The molecule has 1 aromatic carbocycles. The third-order valence-electron chi connectivity index (χ3n) is 2.57. The Hall–Kier alpha value is -0.700. The lowest BCUT2D eigenvalue weighted by atomic mass is 10.1. The van der Waals surface area contributed by atoms with Crippen LogP contribution >= 0.6 is 23.2 Å². The summed E-state index contributed by atoms with van der Waals surface area (Å²) in [5.41, 5.74) is 2.45. The van der Waals surface area contributed by atoms with E-state index in [0.717, 1.165) is 24.3 Å². The van der Waals surface area contributed by atoms with E-state index < -0.39 is 0 Å². The van der Waals surface area contributed by atoms with Crippen LogP contribution in [-0.2, 0) is 0 Å². The van der Waals surface area contributed by atoms with Crippen molar-refractivity contribution in [3.05, 3.63) is 40.4 Å². The minimum absolute atomic E-state index is 0.250. The third-order valence-corrected chi connectivity index (χ3v) is 3.16. The summed E-state index contributed by atoms with van der Waals surface area (Å²) in [6, 6.07) is 8.20. The molecule has 0 aliphatic rings. The number of halogens is 2. The van der Waals surface area contributed by atoms with E-state index in [1.54, 1.807) is 0 Å². The molecule has 18 heavy (non-hydrogen) atoms. The third kappa shape index (κ3) is 4.89. The molecule has 0 saturated carbocycles.